The summed E-state index contributed by atoms with van der Waals surface area (Å²) >= 11 is 0. The Kier molecular flexibility index (Phi) is 5.38. The van der Waals surface area contributed by atoms with E-state index >= 15 is 0 Å². The van der Waals surface area contributed by atoms with Gasteiger partial charge in [-0.05, 0) is 37.5 Å². The molecule has 3 heteroatoms. The molecule has 1 saturated carbocycles. The summed E-state index contributed by atoms with van der Waals surface area (Å²) in [7, 11) is 0. The molecule has 2 rings (SSSR count). The second-order valence-electron chi connectivity index (χ2n) is 6.97. The zero-order valence-electron chi connectivity index (χ0n) is 14.0. The maximum atomic E-state index is 12.2. The van der Waals surface area contributed by atoms with Gasteiger partial charge in [0.05, 0.1) is 0 Å². The van der Waals surface area contributed by atoms with Crippen LogP contribution < -0.4 is 0 Å². The second-order valence-corrected chi connectivity index (χ2v) is 6.97. The van der Waals surface area contributed by atoms with Gasteiger partial charge in [-0.1, -0.05) is 57.0 Å². The van der Waals surface area contributed by atoms with E-state index in [9.17, 15) is 9.59 Å². The first-order valence-corrected chi connectivity index (χ1v) is 8.20. The molecule has 0 aliphatic heterocycles. The summed E-state index contributed by atoms with van der Waals surface area (Å²) in [5.41, 5.74) is 1.46. The molecule has 0 spiro atoms. The monoisotopic (exact) mass is 302 g/mol. The van der Waals surface area contributed by atoms with Crippen molar-refractivity contribution in [2.45, 2.75) is 53.1 Å². The first kappa shape index (κ1) is 16.7. The highest BCUT2D eigenvalue weighted by molar-refractivity contribution is 6.40. The lowest BCUT2D eigenvalue weighted by Crippen LogP contribution is -2.37. The highest BCUT2D eigenvalue weighted by atomic mass is 16.5. The smallest absolute Gasteiger partial charge is 0.379 e. The number of hydrogen-bond donors (Lipinski definition) is 0. The molecule has 1 fully saturated rings. The van der Waals surface area contributed by atoms with Crippen LogP contribution in [0.2, 0.25) is 0 Å². The Morgan fingerprint density at radius 3 is 2.36 bits per heavy atom. The van der Waals surface area contributed by atoms with Crippen molar-refractivity contribution in [3.8, 4) is 0 Å². The number of Topliss-reactive ketones (excluding diaryl/α,β-unsaturated/α-hetero) is 1. The average molecular weight is 302 g/mol. The lowest BCUT2D eigenvalue weighted by Gasteiger charge is -2.36. The zero-order chi connectivity index (χ0) is 16.3. The first-order valence-electron chi connectivity index (χ1n) is 8.20. The third-order valence-electron chi connectivity index (χ3n) is 4.72. The van der Waals surface area contributed by atoms with Gasteiger partial charge in [-0.3, -0.25) is 4.79 Å². The zero-order valence-corrected chi connectivity index (χ0v) is 14.0. The summed E-state index contributed by atoms with van der Waals surface area (Å²) in [6, 6.07) is 7.03. The van der Waals surface area contributed by atoms with Crippen molar-refractivity contribution in [2.24, 2.45) is 17.8 Å². The molecule has 0 saturated heterocycles. The van der Waals surface area contributed by atoms with Gasteiger partial charge in [0.1, 0.15) is 6.10 Å². The van der Waals surface area contributed by atoms with Gasteiger partial charge in [0, 0.05) is 5.56 Å². The van der Waals surface area contributed by atoms with E-state index in [0.717, 1.165) is 18.4 Å². The summed E-state index contributed by atoms with van der Waals surface area (Å²) in [5.74, 6) is 0.0994. The highest BCUT2D eigenvalue weighted by Crippen LogP contribution is 2.35. The molecule has 0 N–H and O–H groups in total. The molecule has 22 heavy (non-hydrogen) atoms. The van der Waals surface area contributed by atoms with Crippen LogP contribution in [0.1, 0.15) is 56.0 Å². The third-order valence-corrected chi connectivity index (χ3v) is 4.72. The Hall–Kier alpha value is -1.64. The molecule has 3 nitrogen and oxygen atoms in total. The quantitative estimate of drug-likeness (QED) is 0.476. The van der Waals surface area contributed by atoms with Crippen LogP contribution in [0.3, 0.4) is 0 Å². The molecule has 0 amide bonds. The van der Waals surface area contributed by atoms with Crippen molar-refractivity contribution in [3.05, 3.63) is 35.4 Å². The Labute approximate surface area is 133 Å². The van der Waals surface area contributed by atoms with E-state index in [-0.39, 0.29) is 6.10 Å². The molecule has 120 valence electrons. The summed E-state index contributed by atoms with van der Waals surface area (Å²) in [6.45, 7) is 8.44. The third kappa shape index (κ3) is 3.96. The van der Waals surface area contributed by atoms with Gasteiger partial charge in [0.2, 0.25) is 0 Å². The minimum atomic E-state index is -0.714. The Bertz CT molecular complexity index is 530. The number of ketones is 1. The summed E-state index contributed by atoms with van der Waals surface area (Å²) in [4.78, 5) is 24.4. The van der Waals surface area contributed by atoms with Crippen LogP contribution in [0, 0.1) is 24.7 Å². The van der Waals surface area contributed by atoms with E-state index in [1.54, 1.807) is 12.1 Å². The number of benzene rings is 1. The summed E-state index contributed by atoms with van der Waals surface area (Å²) < 4.78 is 5.59. The van der Waals surface area contributed by atoms with Gasteiger partial charge >= 0.3 is 5.97 Å². The molecule has 0 bridgehead atoms. The van der Waals surface area contributed by atoms with E-state index in [4.69, 9.17) is 4.74 Å². The van der Waals surface area contributed by atoms with E-state index in [1.807, 2.05) is 19.1 Å². The topological polar surface area (TPSA) is 43.4 Å². The van der Waals surface area contributed by atoms with Crippen LogP contribution in [0.4, 0.5) is 0 Å². The predicted molar refractivity (Wildman–Crippen MR) is 86.7 cm³/mol. The van der Waals surface area contributed by atoms with Crippen molar-refractivity contribution in [1.29, 1.82) is 0 Å². The van der Waals surface area contributed by atoms with Crippen LogP contribution in [0.5, 0.6) is 0 Å². The van der Waals surface area contributed by atoms with Crippen LogP contribution >= 0.6 is 0 Å². The number of hydrogen-bond acceptors (Lipinski definition) is 3. The lowest BCUT2D eigenvalue weighted by atomic mass is 9.75. The Balaban J connectivity index is 2.05. The number of carbonyl (C=O) groups is 2. The molecule has 3 atom stereocenters. The molecule has 0 unspecified atom stereocenters. The Morgan fingerprint density at radius 1 is 1.14 bits per heavy atom. The van der Waals surface area contributed by atoms with Crippen LogP contribution in [-0.4, -0.2) is 17.9 Å². The lowest BCUT2D eigenvalue weighted by molar-refractivity contribution is -0.149. The van der Waals surface area contributed by atoms with E-state index < -0.39 is 11.8 Å². The molecule has 1 aliphatic rings. The van der Waals surface area contributed by atoms with Crippen molar-refractivity contribution in [1.82, 2.24) is 0 Å². The van der Waals surface area contributed by atoms with Crippen LogP contribution in [0.15, 0.2) is 24.3 Å². The molecular formula is C19H26O3. The number of carbonyl (C=O) groups excluding carboxylic acids is 2. The van der Waals surface area contributed by atoms with Crippen molar-refractivity contribution < 1.29 is 14.3 Å². The highest BCUT2D eigenvalue weighted by Gasteiger charge is 2.34. The standard InChI is InChI=1S/C19H26O3/c1-12(2)16-10-7-14(4)11-17(16)22-19(21)18(20)15-8-5-13(3)6-9-15/h5-6,8-9,12,14,16-17H,7,10-11H2,1-4H3/t14-,16+,17-/m1/s1. The predicted octanol–water partition coefficient (Wildman–Crippen LogP) is 4.18. The molecule has 1 aromatic rings. The molecule has 0 aromatic heterocycles. The van der Waals surface area contributed by atoms with Gasteiger partial charge in [-0.15, -0.1) is 0 Å². The molecular weight excluding hydrogens is 276 g/mol. The summed E-state index contributed by atoms with van der Waals surface area (Å²) in [5, 5.41) is 0. The number of aryl methyl sites for hydroxylation is 1. The van der Waals surface area contributed by atoms with Gasteiger partial charge in [-0.25, -0.2) is 4.79 Å². The fraction of sp³-hybridized carbons (Fsp3) is 0.579. The molecule has 1 aromatic carbocycles. The van der Waals surface area contributed by atoms with E-state index in [0.29, 0.717) is 23.3 Å². The summed E-state index contributed by atoms with van der Waals surface area (Å²) in [6.07, 6.45) is 2.96. The maximum Gasteiger partial charge on any atom is 0.379 e. The van der Waals surface area contributed by atoms with Gasteiger partial charge in [0.25, 0.3) is 5.78 Å². The molecule has 1 aliphatic carbocycles. The average Bonchev–Trinajstić information content (AvgIpc) is 2.47. The van der Waals surface area contributed by atoms with Crippen molar-refractivity contribution in [3.63, 3.8) is 0 Å². The fourth-order valence-corrected chi connectivity index (χ4v) is 3.26. The van der Waals surface area contributed by atoms with Crippen molar-refractivity contribution >= 4 is 11.8 Å². The maximum absolute atomic E-state index is 12.2. The fourth-order valence-electron chi connectivity index (χ4n) is 3.26. The van der Waals surface area contributed by atoms with Crippen LogP contribution in [-0.2, 0) is 9.53 Å². The number of ether oxygens (including phenoxy) is 1. The molecule has 0 heterocycles. The van der Waals surface area contributed by atoms with E-state index in [1.165, 1.54) is 6.42 Å². The van der Waals surface area contributed by atoms with Gasteiger partial charge in [-0.2, -0.15) is 0 Å². The van der Waals surface area contributed by atoms with E-state index in [2.05, 4.69) is 20.8 Å². The Morgan fingerprint density at radius 2 is 1.77 bits per heavy atom. The minimum absolute atomic E-state index is 0.134. The molecule has 0 radical (unpaired) electrons. The van der Waals surface area contributed by atoms with Gasteiger partial charge < -0.3 is 4.74 Å². The van der Waals surface area contributed by atoms with Crippen LogP contribution in [0.25, 0.3) is 0 Å². The largest absolute Gasteiger partial charge is 0.456 e. The van der Waals surface area contributed by atoms with Crippen molar-refractivity contribution in [2.75, 3.05) is 0 Å². The number of esters is 1. The second kappa shape index (κ2) is 7.08. The number of rotatable bonds is 4. The SMILES string of the molecule is Cc1ccc(C(=O)C(=O)O[C@@H]2C[C@H](C)CC[C@H]2C(C)C)cc1. The normalized spacial score (nSPS) is 25.0. The minimum Gasteiger partial charge on any atom is -0.456 e. The first-order chi connectivity index (χ1) is 10.4. The van der Waals surface area contributed by atoms with Gasteiger partial charge in [0.15, 0.2) is 0 Å².